The van der Waals surface area contributed by atoms with Crippen molar-refractivity contribution in [3.63, 3.8) is 0 Å². The number of furan rings is 1. The highest BCUT2D eigenvalue weighted by atomic mass is 16.5. The molecule has 6 heteroatoms. The molecule has 0 spiro atoms. The molecule has 5 nitrogen and oxygen atoms in total. The predicted molar refractivity (Wildman–Crippen MR) is 51.6 cm³/mol. The van der Waals surface area contributed by atoms with Crippen LogP contribution in [0.1, 0.15) is 0 Å². The standard InChI is InChI=1S/C8H12BNO4/c11-9(12)7-1-2-8(14-7)10-3-5-13-6-4-10/h1-2,11-12H,3-6H2. The van der Waals surface area contributed by atoms with Gasteiger partial charge in [-0.15, -0.1) is 0 Å². The number of nitrogens with zero attached hydrogens (tertiary/aromatic N) is 1. The molecular formula is C8H12BNO4. The second-order valence-electron chi connectivity index (χ2n) is 3.15. The lowest BCUT2D eigenvalue weighted by Crippen LogP contribution is -2.36. The van der Waals surface area contributed by atoms with E-state index in [0.717, 1.165) is 13.1 Å². The molecule has 0 amide bonds. The summed E-state index contributed by atoms with van der Waals surface area (Å²) in [5.74, 6) is 0.663. The van der Waals surface area contributed by atoms with Gasteiger partial charge in [0.25, 0.3) is 0 Å². The van der Waals surface area contributed by atoms with E-state index in [1.165, 1.54) is 0 Å². The largest absolute Gasteiger partial charge is 0.526 e. The molecule has 0 unspecified atom stereocenters. The van der Waals surface area contributed by atoms with E-state index >= 15 is 0 Å². The normalized spacial score (nSPS) is 17.1. The van der Waals surface area contributed by atoms with Crippen LogP contribution in [0.2, 0.25) is 0 Å². The zero-order valence-corrected chi connectivity index (χ0v) is 7.72. The molecule has 0 atom stereocenters. The van der Waals surface area contributed by atoms with Gasteiger partial charge < -0.3 is 24.1 Å². The highest BCUT2D eigenvalue weighted by Crippen LogP contribution is 2.14. The molecule has 1 fully saturated rings. The number of ether oxygens (including phenoxy) is 1. The summed E-state index contributed by atoms with van der Waals surface area (Å²) in [7, 11) is -1.54. The molecule has 1 aromatic rings. The summed E-state index contributed by atoms with van der Waals surface area (Å²) in [6, 6.07) is 3.30. The second kappa shape index (κ2) is 4.04. The number of anilines is 1. The van der Waals surface area contributed by atoms with E-state index in [4.69, 9.17) is 19.2 Å². The van der Waals surface area contributed by atoms with Gasteiger partial charge in [0.15, 0.2) is 5.88 Å². The van der Waals surface area contributed by atoms with Crippen LogP contribution in [-0.4, -0.2) is 43.5 Å². The predicted octanol–water partition coefficient (Wildman–Crippen LogP) is -1.20. The molecule has 0 aromatic carbocycles. The number of hydrogen-bond acceptors (Lipinski definition) is 5. The van der Waals surface area contributed by atoms with Gasteiger partial charge in [0.1, 0.15) is 5.66 Å². The van der Waals surface area contributed by atoms with Gasteiger partial charge in [-0.25, -0.2) is 0 Å². The fourth-order valence-corrected chi connectivity index (χ4v) is 1.43. The van der Waals surface area contributed by atoms with E-state index in [1.807, 2.05) is 4.90 Å². The first kappa shape index (κ1) is 9.58. The third kappa shape index (κ3) is 1.92. The van der Waals surface area contributed by atoms with Crippen LogP contribution in [0.3, 0.4) is 0 Å². The molecule has 14 heavy (non-hydrogen) atoms. The molecule has 1 aliphatic rings. The maximum absolute atomic E-state index is 8.85. The molecule has 1 aliphatic heterocycles. The van der Waals surface area contributed by atoms with Gasteiger partial charge in [-0.2, -0.15) is 0 Å². The summed E-state index contributed by atoms with van der Waals surface area (Å²) in [4.78, 5) is 2.01. The van der Waals surface area contributed by atoms with Crippen LogP contribution in [0.25, 0.3) is 0 Å². The monoisotopic (exact) mass is 197 g/mol. The van der Waals surface area contributed by atoms with Gasteiger partial charge in [-0.1, -0.05) is 0 Å². The van der Waals surface area contributed by atoms with Crippen LogP contribution in [0.5, 0.6) is 0 Å². The molecule has 1 saturated heterocycles. The Morgan fingerprint density at radius 2 is 1.93 bits per heavy atom. The second-order valence-corrected chi connectivity index (χ2v) is 3.15. The van der Waals surface area contributed by atoms with Gasteiger partial charge >= 0.3 is 7.12 Å². The number of hydrogen-bond donors (Lipinski definition) is 2. The molecule has 0 bridgehead atoms. The minimum Gasteiger partial charge on any atom is -0.449 e. The highest BCUT2D eigenvalue weighted by molar-refractivity contribution is 6.57. The van der Waals surface area contributed by atoms with Crippen LogP contribution in [0, 0.1) is 0 Å². The topological polar surface area (TPSA) is 66.1 Å². The van der Waals surface area contributed by atoms with Gasteiger partial charge in [0, 0.05) is 19.2 Å². The Balaban J connectivity index is 2.07. The third-order valence-corrected chi connectivity index (χ3v) is 2.19. The molecule has 0 saturated carbocycles. The lowest BCUT2D eigenvalue weighted by atomic mass is 9.88. The zero-order valence-electron chi connectivity index (χ0n) is 7.72. The Bertz CT molecular complexity index is 295. The molecule has 2 N–H and O–H groups in total. The Labute approximate surface area is 82.0 Å². The molecule has 2 rings (SSSR count). The zero-order chi connectivity index (χ0) is 9.97. The van der Waals surface area contributed by atoms with E-state index in [9.17, 15) is 0 Å². The van der Waals surface area contributed by atoms with Crippen molar-refractivity contribution in [2.24, 2.45) is 0 Å². The number of rotatable bonds is 2. The smallest absolute Gasteiger partial charge is 0.449 e. The van der Waals surface area contributed by atoms with E-state index in [-0.39, 0.29) is 5.66 Å². The molecule has 1 aromatic heterocycles. The van der Waals surface area contributed by atoms with Gasteiger partial charge in [0.05, 0.1) is 13.2 Å². The molecule has 2 heterocycles. The van der Waals surface area contributed by atoms with Crippen molar-refractivity contribution in [1.29, 1.82) is 0 Å². The van der Waals surface area contributed by atoms with Gasteiger partial charge in [-0.3, -0.25) is 0 Å². The minimum absolute atomic E-state index is 0.173. The third-order valence-electron chi connectivity index (χ3n) is 2.19. The first-order valence-electron chi connectivity index (χ1n) is 4.56. The Morgan fingerprint density at radius 3 is 2.50 bits per heavy atom. The van der Waals surface area contributed by atoms with Crippen LogP contribution in [0.15, 0.2) is 16.5 Å². The van der Waals surface area contributed by atoms with E-state index in [0.29, 0.717) is 19.1 Å². The van der Waals surface area contributed by atoms with Gasteiger partial charge in [0.2, 0.25) is 0 Å². The first-order valence-corrected chi connectivity index (χ1v) is 4.56. The quantitative estimate of drug-likeness (QED) is 0.582. The maximum atomic E-state index is 8.85. The van der Waals surface area contributed by atoms with Crippen molar-refractivity contribution >= 4 is 18.7 Å². The average molecular weight is 197 g/mol. The Hall–Kier alpha value is -0.975. The molecule has 76 valence electrons. The minimum atomic E-state index is -1.54. The van der Waals surface area contributed by atoms with Crippen LogP contribution >= 0.6 is 0 Å². The summed E-state index contributed by atoms with van der Waals surface area (Å²) in [6.07, 6.45) is 0. The van der Waals surface area contributed by atoms with Crippen LogP contribution < -0.4 is 10.6 Å². The van der Waals surface area contributed by atoms with E-state index < -0.39 is 7.12 Å². The SMILES string of the molecule is OB(O)c1ccc(N2CCOCC2)o1. The highest BCUT2D eigenvalue weighted by Gasteiger charge is 2.19. The number of morpholine rings is 1. The van der Waals surface area contributed by atoms with Crippen molar-refractivity contribution in [3.8, 4) is 0 Å². The van der Waals surface area contributed by atoms with Crippen molar-refractivity contribution in [1.82, 2.24) is 0 Å². The summed E-state index contributed by atoms with van der Waals surface area (Å²) in [5, 5.41) is 17.7. The lowest BCUT2D eigenvalue weighted by molar-refractivity contribution is 0.121. The fraction of sp³-hybridized carbons (Fsp3) is 0.500. The lowest BCUT2D eigenvalue weighted by Gasteiger charge is -2.26. The van der Waals surface area contributed by atoms with Crippen molar-refractivity contribution in [2.45, 2.75) is 0 Å². The maximum Gasteiger partial charge on any atom is 0.526 e. The molecule has 0 aliphatic carbocycles. The molecule has 0 radical (unpaired) electrons. The Kier molecular flexibility index (Phi) is 2.76. The van der Waals surface area contributed by atoms with Crippen LogP contribution in [0.4, 0.5) is 5.88 Å². The van der Waals surface area contributed by atoms with Crippen LogP contribution in [-0.2, 0) is 4.74 Å². The summed E-state index contributed by atoms with van der Waals surface area (Å²) in [5.41, 5.74) is 0.173. The van der Waals surface area contributed by atoms with E-state index in [1.54, 1.807) is 12.1 Å². The van der Waals surface area contributed by atoms with Crippen molar-refractivity contribution in [2.75, 3.05) is 31.2 Å². The molecular weight excluding hydrogens is 185 g/mol. The summed E-state index contributed by atoms with van der Waals surface area (Å²) in [6.45, 7) is 2.90. The summed E-state index contributed by atoms with van der Waals surface area (Å²) >= 11 is 0. The average Bonchev–Trinajstić information content (AvgIpc) is 2.68. The summed E-state index contributed by atoms with van der Waals surface area (Å²) < 4.78 is 10.4. The van der Waals surface area contributed by atoms with E-state index in [2.05, 4.69) is 0 Å². The van der Waals surface area contributed by atoms with Crippen molar-refractivity contribution in [3.05, 3.63) is 12.1 Å². The van der Waals surface area contributed by atoms with Gasteiger partial charge in [-0.05, 0) is 6.07 Å². The Morgan fingerprint density at radius 1 is 1.21 bits per heavy atom. The fourth-order valence-electron chi connectivity index (χ4n) is 1.43. The van der Waals surface area contributed by atoms with Crippen molar-refractivity contribution < 1.29 is 19.2 Å². The first-order chi connectivity index (χ1) is 6.77.